The van der Waals surface area contributed by atoms with Gasteiger partial charge < -0.3 is 4.42 Å². The van der Waals surface area contributed by atoms with E-state index in [2.05, 4.69) is 15.9 Å². The summed E-state index contributed by atoms with van der Waals surface area (Å²) in [7, 11) is 0. The zero-order valence-corrected chi connectivity index (χ0v) is 12.5. The molecule has 2 nitrogen and oxygen atoms in total. The maximum absolute atomic E-state index is 12.6. The molecular weight excluding hydrogens is 361 g/mol. The summed E-state index contributed by atoms with van der Waals surface area (Å²) in [5, 5.41) is 0.407. The molecule has 0 fully saturated rings. The lowest BCUT2D eigenvalue weighted by molar-refractivity contribution is -0.137. The van der Waals surface area contributed by atoms with E-state index in [1.54, 1.807) is 24.3 Å². The van der Waals surface area contributed by atoms with Crippen molar-refractivity contribution in [2.24, 2.45) is 0 Å². The molecule has 3 rings (SSSR count). The Bertz CT molecular complexity index is 896. The predicted octanol–water partition coefficient (Wildman–Crippen LogP) is 5.24. The highest BCUT2D eigenvalue weighted by Gasteiger charge is 2.30. The molecule has 1 aromatic heterocycles. The smallest absolute Gasteiger partial charge is 0.416 e. The van der Waals surface area contributed by atoms with Crippen LogP contribution in [0.5, 0.6) is 0 Å². The van der Waals surface area contributed by atoms with E-state index >= 15 is 0 Å². The van der Waals surface area contributed by atoms with E-state index in [9.17, 15) is 18.0 Å². The van der Waals surface area contributed by atoms with Gasteiger partial charge in [0, 0.05) is 5.56 Å². The second-order valence-corrected chi connectivity index (χ2v) is 5.44. The van der Waals surface area contributed by atoms with Gasteiger partial charge in [-0.3, -0.25) is 4.79 Å². The molecule has 0 atom stereocenters. The van der Waals surface area contributed by atoms with Crippen molar-refractivity contribution >= 4 is 26.9 Å². The predicted molar refractivity (Wildman–Crippen MR) is 80.6 cm³/mol. The van der Waals surface area contributed by atoms with Crippen LogP contribution in [0.1, 0.15) is 5.56 Å². The molecule has 0 amide bonds. The zero-order chi connectivity index (χ0) is 15.9. The Labute approximate surface area is 131 Å². The second-order valence-electron chi connectivity index (χ2n) is 4.65. The van der Waals surface area contributed by atoms with Crippen LogP contribution in [0.4, 0.5) is 13.2 Å². The summed E-state index contributed by atoms with van der Waals surface area (Å²) in [5.74, 6) is 0.206. The maximum Gasteiger partial charge on any atom is 0.416 e. The molecule has 0 aliphatic rings. The van der Waals surface area contributed by atoms with Crippen LogP contribution in [0.25, 0.3) is 22.3 Å². The molecule has 22 heavy (non-hydrogen) atoms. The molecule has 0 radical (unpaired) electrons. The Morgan fingerprint density at radius 3 is 2.23 bits per heavy atom. The number of rotatable bonds is 1. The molecule has 0 saturated heterocycles. The minimum absolute atomic E-state index is 0.186. The highest BCUT2D eigenvalue weighted by Crippen LogP contribution is 2.33. The second kappa shape index (κ2) is 5.28. The van der Waals surface area contributed by atoms with Crippen LogP contribution >= 0.6 is 15.9 Å². The van der Waals surface area contributed by atoms with E-state index in [0.29, 0.717) is 16.5 Å². The first kappa shape index (κ1) is 14.8. The molecule has 112 valence electrons. The van der Waals surface area contributed by atoms with E-state index in [1.165, 1.54) is 12.1 Å². The summed E-state index contributed by atoms with van der Waals surface area (Å²) >= 11 is 3.17. The molecule has 6 heteroatoms. The normalized spacial score (nSPS) is 11.8. The minimum Gasteiger partial charge on any atom is -0.455 e. The first-order valence-corrected chi connectivity index (χ1v) is 7.06. The summed E-state index contributed by atoms with van der Waals surface area (Å²) in [6, 6.07) is 11.2. The standard InChI is InChI=1S/C16H8BrF3O2/c17-13-14(21)11-3-1-2-4-12(11)22-15(13)9-5-7-10(8-6-9)16(18,19)20/h1-8H. The van der Waals surface area contributed by atoms with Gasteiger partial charge in [-0.15, -0.1) is 0 Å². The molecule has 0 saturated carbocycles. The van der Waals surface area contributed by atoms with Gasteiger partial charge >= 0.3 is 6.18 Å². The van der Waals surface area contributed by atoms with Crippen molar-refractivity contribution in [3.8, 4) is 11.3 Å². The third-order valence-electron chi connectivity index (χ3n) is 3.22. The van der Waals surface area contributed by atoms with Crippen LogP contribution in [-0.4, -0.2) is 0 Å². The van der Waals surface area contributed by atoms with Gasteiger partial charge in [-0.25, -0.2) is 0 Å². The fourth-order valence-electron chi connectivity index (χ4n) is 2.12. The van der Waals surface area contributed by atoms with Crippen molar-refractivity contribution in [1.82, 2.24) is 0 Å². The van der Waals surface area contributed by atoms with E-state index in [-0.39, 0.29) is 15.7 Å². The van der Waals surface area contributed by atoms with Crippen molar-refractivity contribution in [3.63, 3.8) is 0 Å². The first-order valence-electron chi connectivity index (χ1n) is 6.27. The lowest BCUT2D eigenvalue weighted by Crippen LogP contribution is -2.05. The quantitative estimate of drug-likeness (QED) is 0.587. The average Bonchev–Trinajstić information content (AvgIpc) is 2.50. The number of para-hydroxylation sites is 1. The summed E-state index contributed by atoms with van der Waals surface area (Å²) in [6.45, 7) is 0. The number of hydrogen-bond donors (Lipinski definition) is 0. The van der Waals surface area contributed by atoms with Gasteiger partial charge in [-0.2, -0.15) is 13.2 Å². The van der Waals surface area contributed by atoms with E-state index in [1.807, 2.05) is 0 Å². The topological polar surface area (TPSA) is 30.2 Å². The fraction of sp³-hybridized carbons (Fsp3) is 0.0625. The number of halogens is 4. The Balaban J connectivity index is 2.18. The van der Waals surface area contributed by atoms with Gasteiger partial charge in [0.15, 0.2) is 5.76 Å². The van der Waals surface area contributed by atoms with Gasteiger partial charge in [0.25, 0.3) is 0 Å². The Kier molecular flexibility index (Phi) is 3.56. The van der Waals surface area contributed by atoms with Gasteiger partial charge in [0.05, 0.1) is 10.9 Å². The lowest BCUT2D eigenvalue weighted by Gasteiger charge is -2.09. The summed E-state index contributed by atoms with van der Waals surface area (Å²) in [4.78, 5) is 12.3. The van der Waals surface area contributed by atoms with Crippen LogP contribution < -0.4 is 5.43 Å². The van der Waals surface area contributed by atoms with Crippen molar-refractivity contribution < 1.29 is 17.6 Å². The molecule has 1 heterocycles. The van der Waals surface area contributed by atoms with E-state index in [0.717, 1.165) is 12.1 Å². The van der Waals surface area contributed by atoms with Crippen molar-refractivity contribution in [1.29, 1.82) is 0 Å². The Hall–Kier alpha value is -2.08. The van der Waals surface area contributed by atoms with Crippen molar-refractivity contribution in [2.45, 2.75) is 6.18 Å². The summed E-state index contributed by atoms with van der Waals surface area (Å²) < 4.78 is 43.6. The summed E-state index contributed by atoms with van der Waals surface area (Å²) in [5.41, 5.74) is -0.249. The summed E-state index contributed by atoms with van der Waals surface area (Å²) in [6.07, 6.45) is -4.40. The molecule has 0 aliphatic carbocycles. The number of hydrogen-bond acceptors (Lipinski definition) is 2. The molecule has 0 bridgehead atoms. The largest absolute Gasteiger partial charge is 0.455 e. The SMILES string of the molecule is O=c1c(Br)c(-c2ccc(C(F)(F)F)cc2)oc2ccccc12. The van der Waals surface area contributed by atoms with Crippen LogP contribution in [0, 0.1) is 0 Å². The maximum atomic E-state index is 12.6. The third kappa shape index (κ3) is 2.54. The van der Waals surface area contributed by atoms with Crippen LogP contribution in [0.3, 0.4) is 0 Å². The van der Waals surface area contributed by atoms with Crippen LogP contribution in [-0.2, 0) is 6.18 Å². The molecular formula is C16H8BrF3O2. The van der Waals surface area contributed by atoms with Crippen LogP contribution in [0.15, 0.2) is 62.2 Å². The fourth-order valence-corrected chi connectivity index (χ4v) is 2.64. The molecule has 0 N–H and O–H groups in total. The Morgan fingerprint density at radius 1 is 0.955 bits per heavy atom. The van der Waals surface area contributed by atoms with Crippen LogP contribution in [0.2, 0.25) is 0 Å². The molecule has 2 aromatic carbocycles. The van der Waals surface area contributed by atoms with Gasteiger partial charge in [0.1, 0.15) is 10.1 Å². The number of fused-ring (bicyclic) bond motifs is 1. The minimum atomic E-state index is -4.40. The number of alkyl halides is 3. The van der Waals surface area contributed by atoms with Gasteiger partial charge in [-0.05, 0) is 40.2 Å². The molecule has 0 aliphatic heterocycles. The molecule has 0 unspecified atom stereocenters. The lowest BCUT2D eigenvalue weighted by atomic mass is 10.1. The van der Waals surface area contributed by atoms with Gasteiger partial charge in [0.2, 0.25) is 5.43 Å². The average molecular weight is 369 g/mol. The first-order chi connectivity index (χ1) is 10.4. The van der Waals surface area contributed by atoms with Crippen molar-refractivity contribution in [3.05, 3.63) is 68.8 Å². The zero-order valence-electron chi connectivity index (χ0n) is 10.9. The Morgan fingerprint density at radius 2 is 1.59 bits per heavy atom. The van der Waals surface area contributed by atoms with Gasteiger partial charge in [-0.1, -0.05) is 24.3 Å². The highest BCUT2D eigenvalue weighted by molar-refractivity contribution is 9.10. The third-order valence-corrected chi connectivity index (χ3v) is 3.94. The molecule has 0 spiro atoms. The molecule has 3 aromatic rings. The number of benzene rings is 2. The van der Waals surface area contributed by atoms with E-state index < -0.39 is 11.7 Å². The highest BCUT2D eigenvalue weighted by atomic mass is 79.9. The van der Waals surface area contributed by atoms with Crippen molar-refractivity contribution in [2.75, 3.05) is 0 Å². The monoisotopic (exact) mass is 368 g/mol. The van der Waals surface area contributed by atoms with E-state index in [4.69, 9.17) is 4.42 Å².